The van der Waals surface area contributed by atoms with Crippen molar-refractivity contribution in [3.8, 4) is 6.07 Å². The van der Waals surface area contributed by atoms with Gasteiger partial charge in [-0.3, -0.25) is 0 Å². The summed E-state index contributed by atoms with van der Waals surface area (Å²) in [4.78, 5) is 0.720. The molecule has 0 saturated heterocycles. The first kappa shape index (κ1) is 12.2. The zero-order valence-corrected chi connectivity index (χ0v) is 9.94. The standard InChI is InChI=1S/C9H12N2O2S2/c1-2-6-15(12,13)11-8(7-10)9-4-3-5-14-9/h3-5,8,11H,2,6H2,1H3. The van der Waals surface area contributed by atoms with Crippen molar-refractivity contribution in [1.29, 1.82) is 5.26 Å². The van der Waals surface area contributed by atoms with Gasteiger partial charge in [-0.2, -0.15) is 9.98 Å². The van der Waals surface area contributed by atoms with E-state index in [1.807, 2.05) is 11.4 Å². The zero-order chi connectivity index (χ0) is 11.3. The van der Waals surface area contributed by atoms with Crippen LogP contribution in [-0.2, 0) is 10.0 Å². The number of nitrogens with one attached hydrogen (secondary N) is 1. The molecule has 4 nitrogen and oxygen atoms in total. The summed E-state index contributed by atoms with van der Waals surface area (Å²) in [5.41, 5.74) is 0. The summed E-state index contributed by atoms with van der Waals surface area (Å²) in [5, 5.41) is 10.7. The first-order valence-corrected chi connectivity index (χ1v) is 7.05. The first-order chi connectivity index (χ1) is 7.09. The molecular weight excluding hydrogens is 232 g/mol. The molecule has 6 heteroatoms. The fourth-order valence-electron chi connectivity index (χ4n) is 1.11. The Labute approximate surface area is 93.6 Å². The Morgan fingerprint density at radius 3 is 2.87 bits per heavy atom. The van der Waals surface area contributed by atoms with Gasteiger partial charge in [0, 0.05) is 4.88 Å². The molecule has 0 spiro atoms. The number of hydrogen-bond acceptors (Lipinski definition) is 4. The predicted molar refractivity (Wildman–Crippen MR) is 59.9 cm³/mol. The number of rotatable bonds is 5. The highest BCUT2D eigenvalue weighted by Crippen LogP contribution is 2.18. The quantitative estimate of drug-likeness (QED) is 0.856. The number of nitriles is 1. The summed E-state index contributed by atoms with van der Waals surface area (Å²) in [6.07, 6.45) is 0.540. The molecule has 1 rings (SSSR count). The first-order valence-electron chi connectivity index (χ1n) is 4.52. The molecule has 1 aromatic heterocycles. The lowest BCUT2D eigenvalue weighted by Gasteiger charge is -2.09. The molecule has 1 atom stereocenters. The topological polar surface area (TPSA) is 70.0 Å². The highest BCUT2D eigenvalue weighted by molar-refractivity contribution is 7.89. The lowest BCUT2D eigenvalue weighted by atomic mass is 10.3. The summed E-state index contributed by atoms with van der Waals surface area (Å²) >= 11 is 1.36. The molecule has 0 bridgehead atoms. The second kappa shape index (κ2) is 5.26. The van der Waals surface area contributed by atoms with Crippen LogP contribution in [0.2, 0.25) is 0 Å². The largest absolute Gasteiger partial charge is 0.213 e. The van der Waals surface area contributed by atoms with Crippen molar-refractivity contribution >= 4 is 21.4 Å². The second-order valence-electron chi connectivity index (χ2n) is 3.01. The molecule has 82 valence electrons. The number of thiophene rings is 1. The van der Waals surface area contributed by atoms with Gasteiger partial charge in [-0.15, -0.1) is 11.3 Å². The van der Waals surface area contributed by atoms with Crippen LogP contribution in [0.4, 0.5) is 0 Å². The van der Waals surface area contributed by atoms with Crippen LogP contribution in [0.3, 0.4) is 0 Å². The molecule has 1 unspecified atom stereocenters. The van der Waals surface area contributed by atoms with Gasteiger partial charge in [0.15, 0.2) is 0 Å². The molecule has 0 aliphatic heterocycles. The van der Waals surface area contributed by atoms with Crippen LogP contribution in [0.15, 0.2) is 17.5 Å². The van der Waals surface area contributed by atoms with Gasteiger partial charge in [0.05, 0.1) is 11.8 Å². The van der Waals surface area contributed by atoms with Crippen LogP contribution < -0.4 is 4.72 Å². The van der Waals surface area contributed by atoms with Crippen molar-refractivity contribution in [2.24, 2.45) is 0 Å². The molecule has 1 aromatic rings. The van der Waals surface area contributed by atoms with Crippen LogP contribution in [0.1, 0.15) is 24.3 Å². The molecule has 0 aromatic carbocycles. The Bertz CT molecular complexity index is 431. The average Bonchev–Trinajstić information content (AvgIpc) is 2.67. The summed E-state index contributed by atoms with van der Waals surface area (Å²) < 4.78 is 25.2. The Morgan fingerprint density at radius 2 is 2.40 bits per heavy atom. The van der Waals surface area contributed by atoms with Crippen molar-refractivity contribution in [3.05, 3.63) is 22.4 Å². The van der Waals surface area contributed by atoms with E-state index in [0.717, 1.165) is 4.88 Å². The van der Waals surface area contributed by atoms with E-state index in [0.29, 0.717) is 6.42 Å². The molecule has 0 fully saturated rings. The van der Waals surface area contributed by atoms with Gasteiger partial charge in [0.2, 0.25) is 10.0 Å². The molecule has 0 aliphatic carbocycles. The maximum Gasteiger partial charge on any atom is 0.213 e. The van der Waals surface area contributed by atoms with Gasteiger partial charge in [0.1, 0.15) is 6.04 Å². The van der Waals surface area contributed by atoms with E-state index in [-0.39, 0.29) is 5.75 Å². The van der Waals surface area contributed by atoms with Crippen molar-refractivity contribution in [2.75, 3.05) is 5.75 Å². The Kier molecular flexibility index (Phi) is 4.27. The third-order valence-electron chi connectivity index (χ3n) is 1.73. The van der Waals surface area contributed by atoms with Gasteiger partial charge in [-0.1, -0.05) is 13.0 Å². The highest BCUT2D eigenvalue weighted by atomic mass is 32.2. The predicted octanol–water partition coefficient (Wildman–Crippen LogP) is 1.64. The molecule has 0 amide bonds. The zero-order valence-electron chi connectivity index (χ0n) is 8.30. The van der Waals surface area contributed by atoms with E-state index in [1.54, 1.807) is 19.1 Å². The van der Waals surface area contributed by atoms with Gasteiger partial charge < -0.3 is 0 Å². The molecular formula is C9H12N2O2S2. The van der Waals surface area contributed by atoms with Crippen molar-refractivity contribution in [1.82, 2.24) is 4.72 Å². The maximum atomic E-state index is 11.4. The van der Waals surface area contributed by atoms with Crippen molar-refractivity contribution < 1.29 is 8.42 Å². The van der Waals surface area contributed by atoms with E-state index in [9.17, 15) is 8.42 Å². The smallest absolute Gasteiger partial charge is 0.212 e. The molecule has 15 heavy (non-hydrogen) atoms. The summed E-state index contributed by atoms with van der Waals surface area (Å²) in [6.45, 7) is 1.78. The second-order valence-corrected chi connectivity index (χ2v) is 5.87. The monoisotopic (exact) mass is 244 g/mol. The lowest BCUT2D eigenvalue weighted by molar-refractivity contribution is 0.575. The average molecular weight is 244 g/mol. The van der Waals surface area contributed by atoms with Gasteiger partial charge in [0.25, 0.3) is 0 Å². The van der Waals surface area contributed by atoms with Crippen LogP contribution in [0.25, 0.3) is 0 Å². The Morgan fingerprint density at radius 1 is 1.67 bits per heavy atom. The van der Waals surface area contributed by atoms with E-state index in [2.05, 4.69) is 4.72 Å². The maximum absolute atomic E-state index is 11.4. The van der Waals surface area contributed by atoms with E-state index in [4.69, 9.17) is 5.26 Å². The molecule has 1 N–H and O–H groups in total. The normalized spacial score (nSPS) is 13.3. The third kappa shape index (κ3) is 3.63. The van der Waals surface area contributed by atoms with Gasteiger partial charge in [-0.05, 0) is 17.9 Å². The van der Waals surface area contributed by atoms with Crippen molar-refractivity contribution in [2.45, 2.75) is 19.4 Å². The number of hydrogen-bond donors (Lipinski definition) is 1. The summed E-state index contributed by atoms with van der Waals surface area (Å²) in [5.74, 6) is 0.0521. The minimum atomic E-state index is -3.33. The minimum absolute atomic E-state index is 0.0521. The van der Waals surface area contributed by atoms with E-state index < -0.39 is 16.1 Å². The number of nitrogens with zero attached hydrogens (tertiary/aromatic N) is 1. The minimum Gasteiger partial charge on any atom is -0.212 e. The summed E-state index contributed by atoms with van der Waals surface area (Å²) in [6, 6.07) is 4.71. The molecule has 0 aliphatic rings. The fraction of sp³-hybridized carbons (Fsp3) is 0.444. The Hall–Kier alpha value is -0.900. The SMILES string of the molecule is CCCS(=O)(=O)NC(C#N)c1cccs1. The lowest BCUT2D eigenvalue weighted by Crippen LogP contribution is -2.29. The van der Waals surface area contributed by atoms with Crippen LogP contribution >= 0.6 is 11.3 Å². The third-order valence-corrected chi connectivity index (χ3v) is 4.20. The molecule has 0 saturated carbocycles. The van der Waals surface area contributed by atoms with Gasteiger partial charge in [-0.25, -0.2) is 8.42 Å². The Balaban J connectivity index is 2.76. The van der Waals surface area contributed by atoms with Crippen LogP contribution in [0, 0.1) is 11.3 Å². The summed E-state index contributed by atoms with van der Waals surface area (Å²) in [7, 11) is -3.33. The van der Waals surface area contributed by atoms with E-state index in [1.165, 1.54) is 11.3 Å². The van der Waals surface area contributed by atoms with Crippen LogP contribution in [0.5, 0.6) is 0 Å². The molecule has 1 heterocycles. The van der Waals surface area contributed by atoms with Crippen LogP contribution in [-0.4, -0.2) is 14.2 Å². The van der Waals surface area contributed by atoms with E-state index >= 15 is 0 Å². The number of sulfonamides is 1. The fourth-order valence-corrected chi connectivity index (χ4v) is 3.10. The van der Waals surface area contributed by atoms with Crippen molar-refractivity contribution in [3.63, 3.8) is 0 Å². The van der Waals surface area contributed by atoms with Gasteiger partial charge >= 0.3 is 0 Å². The highest BCUT2D eigenvalue weighted by Gasteiger charge is 2.18. The molecule has 0 radical (unpaired) electrons.